The van der Waals surface area contributed by atoms with Gasteiger partial charge < -0.3 is 4.42 Å². The predicted octanol–water partition coefficient (Wildman–Crippen LogP) is 3.58. The second-order valence-electron chi connectivity index (χ2n) is 8.08. The van der Waals surface area contributed by atoms with Crippen molar-refractivity contribution in [3.05, 3.63) is 87.4 Å². The number of nitrogens with zero attached hydrogens (tertiary/aromatic N) is 8. The summed E-state index contributed by atoms with van der Waals surface area (Å²) in [5, 5.41) is 56.9. The van der Waals surface area contributed by atoms with E-state index in [1.165, 1.54) is 0 Å². The topological polar surface area (TPSA) is 181 Å². The van der Waals surface area contributed by atoms with Gasteiger partial charge in [-0.2, -0.15) is 31.6 Å². The third kappa shape index (κ3) is 3.60. The van der Waals surface area contributed by atoms with Crippen molar-refractivity contribution in [1.29, 1.82) is 31.6 Å². The van der Waals surface area contributed by atoms with E-state index in [1.54, 1.807) is 60.7 Å². The molecule has 4 aromatic rings. The van der Waals surface area contributed by atoms with Crippen molar-refractivity contribution >= 4 is 16.7 Å². The van der Waals surface area contributed by atoms with Gasteiger partial charge in [-0.1, -0.05) is 24.3 Å². The third-order valence-electron chi connectivity index (χ3n) is 6.06. The van der Waals surface area contributed by atoms with Gasteiger partial charge in [-0.3, -0.25) is 0 Å². The van der Waals surface area contributed by atoms with Crippen LogP contribution in [0.1, 0.15) is 16.7 Å². The van der Waals surface area contributed by atoms with Gasteiger partial charge in [0.1, 0.15) is 29.8 Å². The Kier molecular flexibility index (Phi) is 5.66. The monoisotopic (exact) mass is 486 g/mol. The van der Waals surface area contributed by atoms with Crippen LogP contribution < -0.4 is 10.9 Å². The van der Waals surface area contributed by atoms with Crippen LogP contribution in [0, 0.1) is 68.0 Å². The van der Waals surface area contributed by atoms with Crippen molar-refractivity contribution < 1.29 is 4.42 Å². The molecule has 2 heterocycles. The lowest BCUT2D eigenvalue weighted by Crippen LogP contribution is -2.11. The van der Waals surface area contributed by atoms with Crippen LogP contribution in [0.15, 0.2) is 69.2 Å². The zero-order valence-corrected chi connectivity index (χ0v) is 19.3. The molecular formula is C29H10N8O. The first kappa shape index (κ1) is 23.2. The highest BCUT2D eigenvalue weighted by Crippen LogP contribution is 2.38. The number of rotatable bonds is 2. The molecule has 0 radical (unpaired) electrons. The maximum Gasteiger partial charge on any atom is 0.249 e. The van der Waals surface area contributed by atoms with E-state index in [0.717, 1.165) is 0 Å². The third-order valence-corrected chi connectivity index (χ3v) is 6.06. The molecule has 9 nitrogen and oxygen atoms in total. The van der Waals surface area contributed by atoms with Crippen molar-refractivity contribution in [3.63, 3.8) is 0 Å². The molecule has 38 heavy (non-hydrogen) atoms. The van der Waals surface area contributed by atoms with Crippen molar-refractivity contribution in [2.45, 2.75) is 6.42 Å². The summed E-state index contributed by atoms with van der Waals surface area (Å²) in [4.78, 5) is 9.20. The molecule has 172 valence electrons. The molecule has 0 fully saturated rings. The quantitative estimate of drug-likeness (QED) is 0.385. The highest BCUT2D eigenvalue weighted by Gasteiger charge is 2.28. The molecule has 1 aliphatic rings. The summed E-state index contributed by atoms with van der Waals surface area (Å²) >= 11 is 0. The van der Waals surface area contributed by atoms with Crippen LogP contribution in [0.3, 0.4) is 0 Å². The van der Waals surface area contributed by atoms with Gasteiger partial charge in [0, 0.05) is 12.0 Å². The standard InChI is InChI=1S/C29H10N8O/c30-10-16-1-5-18(6-2-16)24-22-9-23(20(12-32)13-33)36-26(22)25(19-7-3-17(11-31)4-8-19)28-27(24)37-29(38-28)21(14-34)15-35/h1-8H,9H2. The van der Waals surface area contributed by atoms with E-state index in [4.69, 9.17) is 4.42 Å². The highest BCUT2D eigenvalue weighted by atomic mass is 16.3. The lowest BCUT2D eigenvalue weighted by Gasteiger charge is -2.11. The van der Waals surface area contributed by atoms with Crippen LogP contribution >= 0.6 is 0 Å². The molecule has 3 aromatic carbocycles. The van der Waals surface area contributed by atoms with Gasteiger partial charge in [0.25, 0.3) is 0 Å². The van der Waals surface area contributed by atoms with Crippen molar-refractivity contribution in [3.8, 4) is 58.7 Å². The second-order valence-corrected chi connectivity index (χ2v) is 8.08. The van der Waals surface area contributed by atoms with Crippen LogP contribution in [-0.2, 0) is 6.42 Å². The van der Waals surface area contributed by atoms with E-state index in [0.29, 0.717) is 49.8 Å². The first-order chi connectivity index (χ1) is 18.6. The van der Waals surface area contributed by atoms with E-state index in [1.807, 2.05) is 12.1 Å². The minimum atomic E-state index is -0.313. The van der Waals surface area contributed by atoms with Gasteiger partial charge in [0.05, 0.1) is 39.9 Å². The molecule has 0 saturated heterocycles. The van der Waals surface area contributed by atoms with Gasteiger partial charge >= 0.3 is 0 Å². The molecule has 1 aliphatic heterocycles. The molecule has 9 heteroatoms. The van der Waals surface area contributed by atoms with E-state index < -0.39 is 0 Å². The Balaban J connectivity index is 2.02. The van der Waals surface area contributed by atoms with Crippen molar-refractivity contribution in [2.75, 3.05) is 0 Å². The van der Waals surface area contributed by atoms with Crippen LogP contribution in [0.25, 0.3) is 38.9 Å². The molecule has 0 bridgehead atoms. The number of oxazole rings is 1. The van der Waals surface area contributed by atoms with Crippen LogP contribution in [0.5, 0.6) is 0 Å². The van der Waals surface area contributed by atoms with Gasteiger partial charge in [-0.05, 0) is 41.0 Å². The van der Waals surface area contributed by atoms with E-state index >= 15 is 0 Å². The maximum atomic E-state index is 9.51. The second kappa shape index (κ2) is 9.26. The smallest absolute Gasteiger partial charge is 0.249 e. The Morgan fingerprint density at radius 2 is 1.21 bits per heavy atom. The van der Waals surface area contributed by atoms with Crippen LogP contribution in [0.2, 0.25) is 0 Å². The number of hydrogen-bond donors (Lipinski definition) is 0. The predicted molar refractivity (Wildman–Crippen MR) is 132 cm³/mol. The Morgan fingerprint density at radius 3 is 1.71 bits per heavy atom. The van der Waals surface area contributed by atoms with Gasteiger partial charge in [0.2, 0.25) is 5.55 Å². The normalized spacial score (nSPS) is 11.1. The molecule has 5 rings (SSSR count). The molecular weight excluding hydrogens is 476 g/mol. The molecule has 0 spiro atoms. The van der Waals surface area contributed by atoms with E-state index in [2.05, 4.69) is 22.1 Å². The average Bonchev–Trinajstić information content (AvgIpc) is 3.58. The molecule has 0 amide bonds. The van der Waals surface area contributed by atoms with Crippen LogP contribution in [-0.4, -0.2) is 4.98 Å². The van der Waals surface area contributed by atoms with Crippen molar-refractivity contribution in [1.82, 2.24) is 4.98 Å². The molecule has 0 unspecified atom stereocenters. The molecule has 0 aliphatic carbocycles. The summed E-state index contributed by atoms with van der Waals surface area (Å²) in [5.74, 6) is 0. The zero-order chi connectivity index (χ0) is 26.8. The number of fused-ring (bicyclic) bond motifs is 2. The number of allylic oxidation sites excluding steroid dienone is 2. The largest absolute Gasteiger partial charge is 0.434 e. The number of hydrogen-bond acceptors (Lipinski definition) is 9. The van der Waals surface area contributed by atoms with E-state index in [-0.39, 0.29) is 34.4 Å². The molecule has 1 aromatic heterocycles. The Morgan fingerprint density at radius 1 is 0.684 bits per heavy atom. The fourth-order valence-corrected chi connectivity index (χ4v) is 4.34. The van der Waals surface area contributed by atoms with Crippen LogP contribution in [0.4, 0.5) is 0 Å². The molecule has 0 N–H and O–H groups in total. The average molecular weight is 486 g/mol. The Labute approximate surface area is 215 Å². The summed E-state index contributed by atoms with van der Waals surface area (Å²) in [5.41, 5.74) is 4.16. The first-order valence-electron chi connectivity index (χ1n) is 11.0. The summed E-state index contributed by atoms with van der Waals surface area (Å²) in [6, 6.07) is 25.0. The number of nitriles is 6. The number of benzene rings is 3. The maximum absolute atomic E-state index is 9.51. The SMILES string of the molecule is N#CC(C#N)=C1Cc2c(-c3ccc(C#N)cc3)c3nc(=C(C#N)C#N)oc3c(-c3ccc(C#N)cc3)c2=N1. The number of aromatic nitrogens is 1. The lowest BCUT2D eigenvalue weighted by atomic mass is 9.90. The van der Waals surface area contributed by atoms with Gasteiger partial charge in [-0.25, -0.2) is 9.98 Å². The fraction of sp³-hybridized carbons (Fsp3) is 0.0345. The minimum Gasteiger partial charge on any atom is -0.434 e. The van der Waals surface area contributed by atoms with Gasteiger partial charge in [0.15, 0.2) is 16.7 Å². The van der Waals surface area contributed by atoms with E-state index in [9.17, 15) is 31.6 Å². The Bertz CT molecular complexity index is 2060. The molecule has 0 saturated carbocycles. The minimum absolute atomic E-state index is 0.132. The fourth-order valence-electron chi connectivity index (χ4n) is 4.34. The van der Waals surface area contributed by atoms with Crippen molar-refractivity contribution in [2.24, 2.45) is 4.99 Å². The summed E-state index contributed by atoms with van der Waals surface area (Å²) in [6.45, 7) is 0. The summed E-state index contributed by atoms with van der Waals surface area (Å²) < 4.78 is 6.02. The van der Waals surface area contributed by atoms with Gasteiger partial charge in [-0.15, -0.1) is 0 Å². The first-order valence-corrected chi connectivity index (χ1v) is 11.0. The Hall–Kier alpha value is -6.52. The molecule has 0 atom stereocenters. The zero-order valence-electron chi connectivity index (χ0n) is 19.3. The highest BCUT2D eigenvalue weighted by molar-refractivity contribution is 6.01. The summed E-state index contributed by atoms with van der Waals surface area (Å²) in [7, 11) is 0. The lowest BCUT2D eigenvalue weighted by molar-refractivity contribution is 0.560. The summed E-state index contributed by atoms with van der Waals surface area (Å²) in [6.07, 6.45) is 0.148.